The number of fused-ring (bicyclic) bond motifs is 1. The van der Waals surface area contributed by atoms with Gasteiger partial charge in [-0.2, -0.15) is 0 Å². The molecule has 27 nitrogen and oxygen atoms in total. The zero-order chi connectivity index (χ0) is 76.0. The van der Waals surface area contributed by atoms with Crippen LogP contribution in [0, 0.1) is 5.92 Å². The molecule has 0 saturated carbocycles. The van der Waals surface area contributed by atoms with Gasteiger partial charge < -0.3 is 73.8 Å². The molecule has 1 fully saturated rings. The van der Waals surface area contributed by atoms with Crippen molar-refractivity contribution < 1.29 is 57.8 Å². The molecule has 2 aromatic heterocycles. The van der Waals surface area contributed by atoms with Gasteiger partial charge in [0.05, 0.1) is 6.61 Å². The number of primary amides is 1. The lowest BCUT2D eigenvalue weighted by Gasteiger charge is -2.32. The number of hydrogen-bond donors (Lipinski definition) is 12. The van der Waals surface area contributed by atoms with Crippen LogP contribution in [-0.2, 0) is 78.4 Å². The second kappa shape index (κ2) is 42.4. The summed E-state index contributed by atoms with van der Waals surface area (Å²) in [5.41, 5.74) is 7.43. The van der Waals surface area contributed by atoms with Crippen molar-refractivity contribution in [2.24, 2.45) is 11.7 Å². The monoisotopic (exact) mass is 1460 g/mol. The number of halogens is 1. The van der Waals surface area contributed by atoms with Crippen molar-refractivity contribution >= 4 is 87.4 Å². The van der Waals surface area contributed by atoms with Gasteiger partial charge in [-0.1, -0.05) is 120 Å². The molecule has 0 radical (unpaired) electrons. The molecule has 6 rings (SSSR count). The number of nitrogens with one attached hydrogen (secondary N) is 10. The van der Waals surface area contributed by atoms with Crippen LogP contribution in [-0.4, -0.2) is 196 Å². The molecule has 1 aliphatic rings. The molecule has 1 saturated heterocycles. The summed E-state index contributed by atoms with van der Waals surface area (Å²) >= 11 is 6.26. The Morgan fingerprint density at radius 3 is 1.60 bits per heavy atom. The highest BCUT2D eigenvalue weighted by molar-refractivity contribution is 6.30. The van der Waals surface area contributed by atoms with Gasteiger partial charge in [0.1, 0.15) is 60.4 Å². The quantitative estimate of drug-likeness (QED) is 0.0250. The fourth-order valence-electron chi connectivity index (χ4n) is 12.2. The fourth-order valence-corrected chi connectivity index (χ4v) is 12.4. The lowest BCUT2D eigenvalue weighted by molar-refractivity contribution is -0.144. The van der Waals surface area contributed by atoms with E-state index in [4.69, 9.17) is 17.3 Å². The Morgan fingerprint density at radius 2 is 1.04 bits per heavy atom. The SMILES string of the molecule is CC(=O)N[C@H](Cc1ccc2ccccc2c1)C(=O)N[C@H](Cc1ccc(Cl)cc1)C(=O)N[C@H](Cc1ccccn1)C(=O)N[C@@H](CO)C(=O)N(C)[C@@H](Cc1ccccn1)C(=O)N[C@H](CCCCNC(C)C)C(=O)N[C@@H](CC(C)C)C(=O)N[C@@H](CCCCNC(C)C)C(=O)N1CCC[C@H]1C(=O)N[C@H](C)C(N)=O. The number of likely N-dealkylation sites (N-methyl/N-ethyl adjacent to an activating group) is 1. The summed E-state index contributed by atoms with van der Waals surface area (Å²) in [5.74, 6) is -8.22. The van der Waals surface area contributed by atoms with Gasteiger partial charge in [0.15, 0.2) is 0 Å². The molecule has 0 spiro atoms. The van der Waals surface area contributed by atoms with Crippen LogP contribution < -0.4 is 58.9 Å². The number of amides is 11. The predicted molar refractivity (Wildman–Crippen MR) is 396 cm³/mol. The highest BCUT2D eigenvalue weighted by Crippen LogP contribution is 2.23. The topological polar surface area (TPSA) is 387 Å². The Balaban J connectivity index is 1.27. The van der Waals surface area contributed by atoms with E-state index >= 15 is 14.4 Å². The van der Waals surface area contributed by atoms with E-state index in [1.165, 1.54) is 38.2 Å². The van der Waals surface area contributed by atoms with Crippen LogP contribution in [0.4, 0.5) is 0 Å². The molecular weight excluding hydrogens is 1350 g/mol. The van der Waals surface area contributed by atoms with Crippen LogP contribution in [0.25, 0.3) is 10.8 Å². The highest BCUT2D eigenvalue weighted by Gasteiger charge is 2.41. The van der Waals surface area contributed by atoms with Crippen LogP contribution in [0.3, 0.4) is 0 Å². The summed E-state index contributed by atoms with van der Waals surface area (Å²) in [5, 5.41) is 42.2. The van der Waals surface area contributed by atoms with E-state index in [-0.39, 0.29) is 69.5 Å². The van der Waals surface area contributed by atoms with Gasteiger partial charge in [0, 0.05) is 87.1 Å². The Bertz CT molecular complexity index is 3670. The van der Waals surface area contributed by atoms with E-state index in [9.17, 15) is 43.5 Å². The van der Waals surface area contributed by atoms with Crippen molar-refractivity contribution in [2.75, 3.05) is 33.3 Å². The first-order valence-electron chi connectivity index (χ1n) is 36.0. The number of benzene rings is 3. The van der Waals surface area contributed by atoms with E-state index in [1.54, 1.807) is 60.7 Å². The number of likely N-dealkylation sites (tertiary alicyclic amines) is 1. The van der Waals surface area contributed by atoms with Crippen LogP contribution in [0.5, 0.6) is 0 Å². The lowest BCUT2D eigenvalue weighted by atomic mass is 9.99. The predicted octanol–water partition coefficient (Wildman–Crippen LogP) is 3.15. The molecule has 13 N–H and O–H groups in total. The molecule has 28 heteroatoms. The number of pyridine rings is 2. The number of rotatable bonds is 42. The molecule has 3 aromatic carbocycles. The number of unbranched alkanes of at least 4 members (excludes halogenated alkanes) is 2. The minimum absolute atomic E-state index is 0.0514. The van der Waals surface area contributed by atoms with Crippen molar-refractivity contribution in [3.63, 3.8) is 0 Å². The van der Waals surface area contributed by atoms with Gasteiger partial charge in [-0.05, 0) is 142 Å². The van der Waals surface area contributed by atoms with Gasteiger partial charge in [0.25, 0.3) is 0 Å². The minimum Gasteiger partial charge on any atom is -0.394 e. The minimum atomic E-state index is -1.76. The van der Waals surface area contributed by atoms with Gasteiger partial charge in [0.2, 0.25) is 65.0 Å². The molecule has 0 bridgehead atoms. The molecule has 1 aliphatic heterocycles. The molecule has 10 atom stereocenters. The third-order valence-corrected chi connectivity index (χ3v) is 18.2. The van der Waals surface area contributed by atoms with E-state index in [2.05, 4.69) is 63.1 Å². The Hall–Kier alpha value is -9.44. The summed E-state index contributed by atoms with van der Waals surface area (Å²) in [6.07, 6.45) is 5.70. The Labute approximate surface area is 614 Å². The van der Waals surface area contributed by atoms with E-state index < -0.39 is 132 Å². The largest absolute Gasteiger partial charge is 0.394 e. The maximum atomic E-state index is 15.2. The van der Waals surface area contributed by atoms with Crippen molar-refractivity contribution in [1.29, 1.82) is 0 Å². The molecule has 11 amide bonds. The number of aromatic nitrogens is 2. The standard InChI is InChI=1S/C76H106ClN15O12/c1-46(2)39-60(69(97)86-59(26-15-19-35-80-48(5)6)76(104)92-38-20-27-65(92)73(101)83-49(7)67(78)95)87-68(96)58(25-14-18-34-79-47(3)4)85-74(102)66(44-57-24-13-17-37-82-57)91(9)75(103)64(45-93)90-72(100)63(43-56-23-12-16-36-81-56)89-71(99)62(41-51-29-32-55(77)33-30-51)88-70(98)61(84-50(8)94)42-52-28-31-53-21-10-11-22-54(53)40-52/h10-13,16-17,21-24,28-33,36-37,40,46-49,58-66,79-80,93H,14-15,18-20,25-27,34-35,38-39,41-45H2,1-9H3,(H2,78,95)(H,83,101)(H,84,94)(H,85,102)(H,86,97)(H,87,96)(H,88,98)(H,89,99)(H,90,100)/t49-,58-,59+,60+,61-,62-,63-,64+,65+,66+/m1/s1. The first kappa shape index (κ1) is 83.5. The number of carbonyl (C=O) groups excluding carboxylic acids is 11. The molecule has 5 aromatic rings. The number of nitrogens with zero attached hydrogens (tertiary/aromatic N) is 4. The molecule has 3 heterocycles. The number of carbonyl (C=O) groups is 11. The van der Waals surface area contributed by atoms with Crippen molar-refractivity contribution in [3.05, 3.63) is 143 Å². The molecular formula is C76H106ClN15O12. The normalized spacial score (nSPS) is 15.4. The summed E-state index contributed by atoms with van der Waals surface area (Å²) in [4.78, 5) is 168. The third-order valence-electron chi connectivity index (χ3n) is 17.9. The maximum absolute atomic E-state index is 15.2. The summed E-state index contributed by atoms with van der Waals surface area (Å²) in [7, 11) is 1.29. The van der Waals surface area contributed by atoms with Gasteiger partial charge in [-0.3, -0.25) is 62.7 Å². The third kappa shape index (κ3) is 27.3. The smallest absolute Gasteiger partial charge is 0.247 e. The number of nitrogens with two attached hydrogens (primary N) is 1. The number of aliphatic hydroxyl groups is 1. The molecule has 564 valence electrons. The average Bonchev–Trinajstić information content (AvgIpc) is 1.51. The van der Waals surface area contributed by atoms with Crippen molar-refractivity contribution in [3.8, 4) is 0 Å². The first-order chi connectivity index (χ1) is 49.6. The Kier molecular flexibility index (Phi) is 34.0. The highest BCUT2D eigenvalue weighted by atomic mass is 35.5. The fraction of sp³-hybridized carbons (Fsp3) is 0.513. The van der Waals surface area contributed by atoms with Gasteiger partial charge in [-0.25, -0.2) is 0 Å². The molecule has 104 heavy (non-hydrogen) atoms. The maximum Gasteiger partial charge on any atom is 0.247 e. The second-order valence-corrected chi connectivity index (χ2v) is 28.1. The van der Waals surface area contributed by atoms with Crippen LogP contribution >= 0.6 is 11.6 Å². The number of hydrogen-bond acceptors (Lipinski definition) is 16. The van der Waals surface area contributed by atoms with Crippen molar-refractivity contribution in [1.82, 2.24) is 72.9 Å². The van der Waals surface area contributed by atoms with Gasteiger partial charge in [-0.15, -0.1) is 0 Å². The van der Waals surface area contributed by atoms with E-state index in [0.717, 1.165) is 21.2 Å². The van der Waals surface area contributed by atoms with Crippen molar-refractivity contribution in [2.45, 2.75) is 211 Å². The summed E-state index contributed by atoms with van der Waals surface area (Å²) in [6.45, 7) is 14.8. The van der Waals surface area contributed by atoms with Crippen LogP contribution in [0.2, 0.25) is 5.02 Å². The molecule has 0 unspecified atom stereocenters. The zero-order valence-electron chi connectivity index (χ0n) is 61.2. The zero-order valence-corrected chi connectivity index (χ0v) is 61.9. The number of aliphatic hydroxyl groups excluding tert-OH is 1. The average molecular weight is 1460 g/mol. The van der Waals surface area contributed by atoms with E-state index in [0.29, 0.717) is 73.6 Å². The molecule has 0 aliphatic carbocycles. The summed E-state index contributed by atoms with van der Waals surface area (Å²) < 4.78 is 0. The Morgan fingerprint density at radius 1 is 0.548 bits per heavy atom. The first-order valence-corrected chi connectivity index (χ1v) is 36.3. The second-order valence-electron chi connectivity index (χ2n) is 27.7. The van der Waals surface area contributed by atoms with Gasteiger partial charge >= 0.3 is 0 Å². The van der Waals surface area contributed by atoms with Crippen LogP contribution in [0.1, 0.15) is 136 Å². The van der Waals surface area contributed by atoms with Crippen LogP contribution in [0.15, 0.2) is 116 Å². The summed E-state index contributed by atoms with van der Waals surface area (Å²) in [6, 6.07) is 17.2. The van der Waals surface area contributed by atoms with E-state index in [1.807, 2.05) is 84.0 Å². The lowest BCUT2D eigenvalue weighted by Crippen LogP contribution is -2.62.